The van der Waals surface area contributed by atoms with Crippen LogP contribution in [0.1, 0.15) is 45.4 Å². The Hall–Kier alpha value is -0.570. The molecule has 3 nitrogen and oxygen atoms in total. The first-order chi connectivity index (χ1) is 8.16. The van der Waals surface area contributed by atoms with Crippen LogP contribution < -0.4 is 5.32 Å². The molecule has 0 aromatic carbocycles. The smallest absolute Gasteiger partial charge is 0.308 e. The second kappa shape index (κ2) is 4.27. The highest BCUT2D eigenvalue weighted by molar-refractivity contribution is 5.72. The zero-order valence-corrected chi connectivity index (χ0v) is 10.6. The third-order valence-corrected chi connectivity index (χ3v) is 5.47. The van der Waals surface area contributed by atoms with Gasteiger partial charge >= 0.3 is 5.97 Å². The lowest BCUT2D eigenvalue weighted by atomic mass is 9.83. The van der Waals surface area contributed by atoms with E-state index < -0.39 is 5.97 Å². The Bertz CT molecular complexity index is 317. The molecule has 17 heavy (non-hydrogen) atoms. The Morgan fingerprint density at radius 3 is 2.59 bits per heavy atom. The Morgan fingerprint density at radius 1 is 1.18 bits per heavy atom. The molecule has 0 spiro atoms. The molecular weight excluding hydrogens is 214 g/mol. The Balaban J connectivity index is 1.70. The van der Waals surface area contributed by atoms with Crippen LogP contribution in [0, 0.1) is 23.7 Å². The van der Waals surface area contributed by atoms with E-state index in [4.69, 9.17) is 0 Å². The molecule has 2 bridgehead atoms. The summed E-state index contributed by atoms with van der Waals surface area (Å²) in [6, 6.07) is 0.831. The summed E-state index contributed by atoms with van der Waals surface area (Å²) in [6.07, 6.45) is 7.37. The van der Waals surface area contributed by atoms with Gasteiger partial charge in [0.1, 0.15) is 0 Å². The molecule has 96 valence electrons. The summed E-state index contributed by atoms with van der Waals surface area (Å²) in [4.78, 5) is 11.4. The van der Waals surface area contributed by atoms with Gasteiger partial charge < -0.3 is 10.4 Å². The van der Waals surface area contributed by atoms with E-state index in [1.807, 2.05) is 0 Å². The van der Waals surface area contributed by atoms with E-state index in [-0.39, 0.29) is 12.0 Å². The minimum Gasteiger partial charge on any atom is -0.481 e. The fourth-order valence-electron chi connectivity index (χ4n) is 4.53. The lowest BCUT2D eigenvalue weighted by Crippen LogP contribution is -2.49. The predicted octanol–water partition coefficient (Wildman–Crippen LogP) is 2.26. The van der Waals surface area contributed by atoms with Crippen molar-refractivity contribution < 1.29 is 9.90 Å². The van der Waals surface area contributed by atoms with E-state index in [9.17, 15) is 9.90 Å². The quantitative estimate of drug-likeness (QED) is 0.791. The van der Waals surface area contributed by atoms with Crippen molar-refractivity contribution in [3.8, 4) is 0 Å². The molecule has 3 saturated carbocycles. The summed E-state index contributed by atoms with van der Waals surface area (Å²) in [6.45, 7) is 2.30. The number of carboxylic acid groups (broad SMARTS) is 1. The highest BCUT2D eigenvalue weighted by Gasteiger charge is 2.51. The van der Waals surface area contributed by atoms with Crippen molar-refractivity contribution in [2.75, 3.05) is 0 Å². The van der Waals surface area contributed by atoms with Gasteiger partial charge in [-0.1, -0.05) is 13.3 Å². The van der Waals surface area contributed by atoms with Gasteiger partial charge in [-0.2, -0.15) is 0 Å². The number of fused-ring (bicyclic) bond motifs is 2. The molecule has 0 saturated heterocycles. The summed E-state index contributed by atoms with van der Waals surface area (Å²) >= 11 is 0. The minimum absolute atomic E-state index is 0.110. The maximum atomic E-state index is 11.4. The molecule has 2 N–H and O–H groups in total. The Kier molecular flexibility index (Phi) is 2.89. The van der Waals surface area contributed by atoms with Crippen molar-refractivity contribution in [1.82, 2.24) is 5.32 Å². The standard InChI is InChI=1S/C14H23NO2/c1-8-3-2-4-11(8)15-13-10-6-5-9(7-10)12(13)14(16)17/h8-13,15H,2-7H2,1H3,(H,16,17). The molecule has 0 aromatic rings. The zero-order chi connectivity index (χ0) is 12.0. The molecule has 0 radical (unpaired) electrons. The molecule has 6 unspecified atom stereocenters. The van der Waals surface area contributed by atoms with Crippen LogP contribution in [0.5, 0.6) is 0 Å². The second-order valence-corrected chi connectivity index (χ2v) is 6.40. The van der Waals surface area contributed by atoms with Crippen LogP contribution in [0.2, 0.25) is 0 Å². The fraction of sp³-hybridized carbons (Fsp3) is 0.929. The highest BCUT2D eigenvalue weighted by Crippen LogP contribution is 2.49. The molecule has 3 aliphatic carbocycles. The number of rotatable bonds is 3. The topological polar surface area (TPSA) is 49.3 Å². The minimum atomic E-state index is -0.569. The summed E-state index contributed by atoms with van der Waals surface area (Å²) in [7, 11) is 0. The summed E-state index contributed by atoms with van der Waals surface area (Å²) in [5.41, 5.74) is 0. The van der Waals surface area contributed by atoms with Crippen LogP contribution in [0.4, 0.5) is 0 Å². The number of hydrogen-bond donors (Lipinski definition) is 2. The Morgan fingerprint density at radius 2 is 1.94 bits per heavy atom. The number of carbonyl (C=O) groups is 1. The second-order valence-electron chi connectivity index (χ2n) is 6.40. The van der Waals surface area contributed by atoms with Crippen molar-refractivity contribution in [2.45, 2.75) is 57.5 Å². The van der Waals surface area contributed by atoms with Gasteiger partial charge in [-0.15, -0.1) is 0 Å². The fourth-order valence-corrected chi connectivity index (χ4v) is 4.53. The monoisotopic (exact) mass is 237 g/mol. The van der Waals surface area contributed by atoms with Crippen molar-refractivity contribution in [2.24, 2.45) is 23.7 Å². The zero-order valence-electron chi connectivity index (χ0n) is 10.6. The van der Waals surface area contributed by atoms with E-state index in [1.54, 1.807) is 0 Å². The van der Waals surface area contributed by atoms with Crippen molar-refractivity contribution in [1.29, 1.82) is 0 Å². The number of hydrogen-bond acceptors (Lipinski definition) is 2. The first kappa shape index (κ1) is 11.5. The Labute approximate surface area is 103 Å². The van der Waals surface area contributed by atoms with Gasteiger partial charge in [0, 0.05) is 12.1 Å². The van der Waals surface area contributed by atoms with E-state index in [2.05, 4.69) is 12.2 Å². The van der Waals surface area contributed by atoms with Crippen molar-refractivity contribution in [3.63, 3.8) is 0 Å². The van der Waals surface area contributed by atoms with Crippen LogP contribution in [0.25, 0.3) is 0 Å². The number of nitrogens with one attached hydrogen (secondary N) is 1. The molecule has 0 aromatic heterocycles. The van der Waals surface area contributed by atoms with E-state index in [0.717, 1.165) is 18.8 Å². The third kappa shape index (κ3) is 1.88. The molecule has 0 amide bonds. The first-order valence-electron chi connectivity index (χ1n) is 7.15. The SMILES string of the molecule is CC1CCCC1NC1C2CCC(C2)C1C(=O)O. The van der Waals surface area contributed by atoms with E-state index >= 15 is 0 Å². The van der Waals surface area contributed by atoms with Crippen molar-refractivity contribution in [3.05, 3.63) is 0 Å². The normalized spacial score (nSPS) is 48.8. The summed E-state index contributed by atoms with van der Waals surface area (Å²) in [5.74, 6) is 1.13. The lowest BCUT2D eigenvalue weighted by Gasteiger charge is -2.32. The van der Waals surface area contributed by atoms with Crippen molar-refractivity contribution >= 4 is 5.97 Å². The molecule has 3 fully saturated rings. The van der Waals surface area contributed by atoms with Gasteiger partial charge in [-0.3, -0.25) is 4.79 Å². The molecule has 3 rings (SSSR count). The van der Waals surface area contributed by atoms with E-state index in [0.29, 0.717) is 17.9 Å². The average Bonchev–Trinajstić information content (AvgIpc) is 2.95. The largest absolute Gasteiger partial charge is 0.481 e. The molecule has 3 aliphatic rings. The lowest BCUT2D eigenvalue weighted by molar-refractivity contribution is -0.144. The van der Waals surface area contributed by atoms with Crippen LogP contribution >= 0.6 is 0 Å². The van der Waals surface area contributed by atoms with E-state index in [1.165, 1.54) is 25.7 Å². The predicted molar refractivity (Wildman–Crippen MR) is 65.7 cm³/mol. The van der Waals surface area contributed by atoms with Gasteiger partial charge in [-0.05, 0) is 49.9 Å². The van der Waals surface area contributed by atoms with Crippen LogP contribution in [-0.2, 0) is 4.79 Å². The summed E-state index contributed by atoms with van der Waals surface area (Å²) < 4.78 is 0. The number of aliphatic carboxylic acids is 1. The van der Waals surface area contributed by atoms with Crippen LogP contribution in [-0.4, -0.2) is 23.2 Å². The van der Waals surface area contributed by atoms with Crippen LogP contribution in [0.3, 0.4) is 0 Å². The van der Waals surface area contributed by atoms with Gasteiger partial charge in [0.15, 0.2) is 0 Å². The van der Waals surface area contributed by atoms with Crippen LogP contribution in [0.15, 0.2) is 0 Å². The molecule has 0 heterocycles. The maximum absolute atomic E-state index is 11.4. The maximum Gasteiger partial charge on any atom is 0.308 e. The molecule has 3 heteroatoms. The number of carboxylic acids is 1. The molecule has 6 atom stereocenters. The first-order valence-corrected chi connectivity index (χ1v) is 7.15. The highest BCUT2D eigenvalue weighted by atomic mass is 16.4. The summed E-state index contributed by atoms with van der Waals surface area (Å²) in [5, 5.41) is 13.1. The molecule has 0 aliphatic heterocycles. The van der Waals surface area contributed by atoms with Gasteiger partial charge in [0.25, 0.3) is 0 Å². The molecular formula is C14H23NO2. The van der Waals surface area contributed by atoms with Gasteiger partial charge in [-0.25, -0.2) is 0 Å². The third-order valence-electron chi connectivity index (χ3n) is 5.47. The van der Waals surface area contributed by atoms with Gasteiger partial charge in [0.2, 0.25) is 0 Å². The average molecular weight is 237 g/mol. The van der Waals surface area contributed by atoms with Gasteiger partial charge in [0.05, 0.1) is 5.92 Å².